The standard InChI is InChI=1S/C17H27NSi/c1-19(2,3)16-10-4-13(5-11-16)12-18-17(14-6-7-14)15-8-9-15/h4-5,10-11,14-15,17-18H,6-9,12H2,1-3H3. The number of hydrogen-bond donors (Lipinski definition) is 1. The summed E-state index contributed by atoms with van der Waals surface area (Å²) in [6.45, 7) is 8.30. The third-order valence-corrected chi connectivity index (χ3v) is 6.69. The van der Waals surface area contributed by atoms with Crippen LogP contribution < -0.4 is 10.5 Å². The summed E-state index contributed by atoms with van der Waals surface area (Å²) in [6, 6.07) is 10.2. The van der Waals surface area contributed by atoms with Crippen molar-refractivity contribution >= 4 is 13.3 Å². The van der Waals surface area contributed by atoms with E-state index in [-0.39, 0.29) is 0 Å². The first-order chi connectivity index (χ1) is 9.04. The van der Waals surface area contributed by atoms with Gasteiger partial charge >= 0.3 is 0 Å². The van der Waals surface area contributed by atoms with Crippen LogP contribution in [0.3, 0.4) is 0 Å². The van der Waals surface area contributed by atoms with Crippen LogP contribution in [-0.2, 0) is 6.54 Å². The molecule has 0 bridgehead atoms. The van der Waals surface area contributed by atoms with Crippen molar-refractivity contribution in [3.63, 3.8) is 0 Å². The predicted molar refractivity (Wildman–Crippen MR) is 85.5 cm³/mol. The molecule has 0 atom stereocenters. The van der Waals surface area contributed by atoms with E-state index in [9.17, 15) is 0 Å². The zero-order valence-corrected chi connectivity index (χ0v) is 13.6. The summed E-state index contributed by atoms with van der Waals surface area (Å²) in [5.74, 6) is 1.99. The van der Waals surface area contributed by atoms with Gasteiger partial charge in [0.25, 0.3) is 0 Å². The Morgan fingerprint density at radius 3 is 1.95 bits per heavy atom. The van der Waals surface area contributed by atoms with Crippen molar-refractivity contribution in [1.82, 2.24) is 5.32 Å². The fraction of sp³-hybridized carbons (Fsp3) is 0.647. The summed E-state index contributed by atoms with van der Waals surface area (Å²) in [7, 11) is -1.14. The number of rotatable bonds is 6. The first kappa shape index (κ1) is 13.4. The van der Waals surface area contributed by atoms with Gasteiger partial charge in [0.15, 0.2) is 0 Å². The smallest absolute Gasteiger partial charge is 0.0775 e. The van der Waals surface area contributed by atoms with Gasteiger partial charge in [0, 0.05) is 12.6 Å². The van der Waals surface area contributed by atoms with E-state index >= 15 is 0 Å². The van der Waals surface area contributed by atoms with Crippen molar-refractivity contribution in [1.29, 1.82) is 0 Å². The molecule has 1 aromatic rings. The van der Waals surface area contributed by atoms with Gasteiger partial charge in [-0.25, -0.2) is 0 Å². The molecule has 3 rings (SSSR count). The molecule has 0 aromatic heterocycles. The molecule has 0 unspecified atom stereocenters. The summed E-state index contributed by atoms with van der Waals surface area (Å²) in [6.07, 6.45) is 5.84. The van der Waals surface area contributed by atoms with Crippen LogP contribution in [-0.4, -0.2) is 14.1 Å². The van der Waals surface area contributed by atoms with Gasteiger partial charge in [0.1, 0.15) is 0 Å². The van der Waals surface area contributed by atoms with E-state index in [1.165, 1.54) is 31.2 Å². The van der Waals surface area contributed by atoms with Gasteiger partial charge in [-0.05, 0) is 43.1 Å². The maximum absolute atomic E-state index is 3.83. The molecule has 1 aromatic carbocycles. The average molecular weight is 273 g/mol. The van der Waals surface area contributed by atoms with Gasteiger partial charge in [-0.2, -0.15) is 0 Å². The molecule has 19 heavy (non-hydrogen) atoms. The summed E-state index contributed by atoms with van der Waals surface area (Å²) in [5.41, 5.74) is 1.45. The van der Waals surface area contributed by atoms with Gasteiger partial charge in [0.05, 0.1) is 8.07 Å². The van der Waals surface area contributed by atoms with E-state index in [4.69, 9.17) is 0 Å². The Hall–Kier alpha value is -0.603. The molecule has 0 spiro atoms. The Morgan fingerprint density at radius 1 is 1.00 bits per heavy atom. The topological polar surface area (TPSA) is 12.0 Å². The summed E-state index contributed by atoms with van der Waals surface area (Å²) < 4.78 is 0. The summed E-state index contributed by atoms with van der Waals surface area (Å²) >= 11 is 0. The highest BCUT2D eigenvalue weighted by molar-refractivity contribution is 6.88. The number of nitrogens with one attached hydrogen (secondary N) is 1. The van der Waals surface area contributed by atoms with Crippen molar-refractivity contribution in [3.05, 3.63) is 29.8 Å². The van der Waals surface area contributed by atoms with Gasteiger partial charge in [-0.1, -0.05) is 49.1 Å². The highest BCUT2D eigenvalue weighted by Gasteiger charge is 2.40. The summed E-state index contributed by atoms with van der Waals surface area (Å²) in [4.78, 5) is 0. The molecule has 2 saturated carbocycles. The van der Waals surface area contributed by atoms with Crippen molar-refractivity contribution in [3.8, 4) is 0 Å². The van der Waals surface area contributed by atoms with Crippen LogP contribution in [0.1, 0.15) is 31.2 Å². The first-order valence-electron chi connectivity index (χ1n) is 7.87. The Bertz CT molecular complexity index is 412. The molecule has 1 N–H and O–H groups in total. The number of benzene rings is 1. The predicted octanol–water partition coefficient (Wildman–Crippen LogP) is 3.51. The Kier molecular flexibility index (Phi) is 3.57. The monoisotopic (exact) mass is 273 g/mol. The molecule has 2 aliphatic rings. The van der Waals surface area contributed by atoms with Crippen LogP contribution in [0.2, 0.25) is 19.6 Å². The Labute approximate surface area is 118 Å². The molecule has 2 fully saturated rings. The largest absolute Gasteiger partial charge is 0.309 e. The van der Waals surface area contributed by atoms with Crippen LogP contribution in [0.25, 0.3) is 0 Å². The first-order valence-corrected chi connectivity index (χ1v) is 11.4. The molecule has 1 nitrogen and oxygen atoms in total. The van der Waals surface area contributed by atoms with Crippen LogP contribution in [0.5, 0.6) is 0 Å². The number of hydrogen-bond acceptors (Lipinski definition) is 1. The van der Waals surface area contributed by atoms with E-state index in [2.05, 4.69) is 49.2 Å². The lowest BCUT2D eigenvalue weighted by atomic mass is 10.1. The highest BCUT2D eigenvalue weighted by Crippen LogP contribution is 2.44. The lowest BCUT2D eigenvalue weighted by Crippen LogP contribution is -2.37. The van der Waals surface area contributed by atoms with Crippen LogP contribution >= 0.6 is 0 Å². The molecule has 104 valence electrons. The molecule has 0 amide bonds. The second-order valence-corrected chi connectivity index (χ2v) is 12.6. The third kappa shape index (κ3) is 3.49. The molecule has 0 aliphatic heterocycles. The maximum Gasteiger partial charge on any atom is 0.0775 e. The van der Waals surface area contributed by atoms with Gasteiger partial charge in [0.2, 0.25) is 0 Å². The Morgan fingerprint density at radius 2 is 1.53 bits per heavy atom. The van der Waals surface area contributed by atoms with E-state index < -0.39 is 8.07 Å². The van der Waals surface area contributed by atoms with E-state index in [0.29, 0.717) is 0 Å². The molecule has 2 aliphatic carbocycles. The molecule has 0 heterocycles. The van der Waals surface area contributed by atoms with E-state index in [0.717, 1.165) is 24.4 Å². The molecule has 0 radical (unpaired) electrons. The van der Waals surface area contributed by atoms with Crippen LogP contribution in [0.15, 0.2) is 24.3 Å². The fourth-order valence-corrected chi connectivity index (χ4v) is 4.15. The lowest BCUT2D eigenvalue weighted by Gasteiger charge is -2.19. The molecule has 0 saturated heterocycles. The zero-order chi connectivity index (χ0) is 13.5. The zero-order valence-electron chi connectivity index (χ0n) is 12.6. The molecular formula is C17H27NSi. The molecular weight excluding hydrogens is 246 g/mol. The van der Waals surface area contributed by atoms with E-state index in [1.54, 1.807) is 5.19 Å². The quantitative estimate of drug-likeness (QED) is 0.782. The van der Waals surface area contributed by atoms with Crippen molar-refractivity contribution < 1.29 is 0 Å². The maximum atomic E-state index is 3.83. The normalized spacial score (nSPS) is 20.0. The van der Waals surface area contributed by atoms with E-state index in [1.807, 2.05) is 0 Å². The van der Waals surface area contributed by atoms with Crippen molar-refractivity contribution in [2.45, 2.75) is 57.9 Å². The lowest BCUT2D eigenvalue weighted by molar-refractivity contribution is 0.416. The fourth-order valence-electron chi connectivity index (χ4n) is 2.99. The van der Waals surface area contributed by atoms with Crippen LogP contribution in [0, 0.1) is 11.8 Å². The van der Waals surface area contributed by atoms with Gasteiger partial charge in [-0.15, -0.1) is 0 Å². The average Bonchev–Trinajstić information content (AvgIpc) is 3.23. The van der Waals surface area contributed by atoms with Gasteiger partial charge < -0.3 is 5.32 Å². The minimum absolute atomic E-state index is 0.816. The SMILES string of the molecule is C[Si](C)(C)c1ccc(CNC(C2CC2)C2CC2)cc1. The van der Waals surface area contributed by atoms with Crippen molar-refractivity contribution in [2.24, 2.45) is 11.8 Å². The Balaban J connectivity index is 1.57. The summed E-state index contributed by atoms with van der Waals surface area (Å²) in [5, 5.41) is 5.40. The van der Waals surface area contributed by atoms with Gasteiger partial charge in [-0.3, -0.25) is 0 Å². The minimum atomic E-state index is -1.14. The molecule has 2 heteroatoms. The third-order valence-electron chi connectivity index (χ3n) is 4.62. The second kappa shape index (κ2) is 5.06. The van der Waals surface area contributed by atoms with Crippen molar-refractivity contribution in [2.75, 3.05) is 0 Å². The highest BCUT2D eigenvalue weighted by atomic mass is 28.3. The minimum Gasteiger partial charge on any atom is -0.309 e. The van der Waals surface area contributed by atoms with Crippen LogP contribution in [0.4, 0.5) is 0 Å². The second-order valence-electron chi connectivity index (χ2n) is 7.53.